The number of hydrogen-bond donors (Lipinski definition) is 2. The predicted octanol–water partition coefficient (Wildman–Crippen LogP) is 1.53. The Labute approximate surface area is 98.2 Å². The number of hydrogen-bond acceptors (Lipinski definition) is 4. The summed E-state index contributed by atoms with van der Waals surface area (Å²) >= 11 is 0. The lowest BCUT2D eigenvalue weighted by atomic mass is 10.1. The molecule has 1 fully saturated rings. The highest BCUT2D eigenvalue weighted by Gasteiger charge is 2.27. The number of rotatable bonds is 4. The fourth-order valence-electron chi connectivity index (χ4n) is 1.52. The Kier molecular flexibility index (Phi) is 2.95. The molecule has 1 aliphatic rings. The second-order valence-corrected chi connectivity index (χ2v) is 3.99. The molecule has 1 aliphatic carbocycles. The lowest BCUT2D eigenvalue weighted by Crippen LogP contribution is -2.26. The molecule has 1 amide bonds. The van der Waals surface area contributed by atoms with Gasteiger partial charge < -0.3 is 10.6 Å². The molecule has 6 nitrogen and oxygen atoms in total. The van der Waals surface area contributed by atoms with Crippen LogP contribution in [0.25, 0.3) is 0 Å². The van der Waals surface area contributed by atoms with E-state index in [0.29, 0.717) is 5.69 Å². The lowest BCUT2D eigenvalue weighted by molar-refractivity contribution is -0.385. The molecule has 0 atom stereocenters. The van der Waals surface area contributed by atoms with Crippen LogP contribution < -0.4 is 10.6 Å². The van der Waals surface area contributed by atoms with Crippen LogP contribution in [-0.4, -0.2) is 23.9 Å². The summed E-state index contributed by atoms with van der Waals surface area (Å²) in [6.07, 6.45) is 1.90. The molecule has 2 N–H and O–H groups in total. The van der Waals surface area contributed by atoms with Gasteiger partial charge in [-0.25, -0.2) is 0 Å². The monoisotopic (exact) mass is 235 g/mol. The molecule has 0 saturated heterocycles. The van der Waals surface area contributed by atoms with Gasteiger partial charge in [-0.15, -0.1) is 0 Å². The van der Waals surface area contributed by atoms with Crippen molar-refractivity contribution in [3.05, 3.63) is 33.9 Å². The van der Waals surface area contributed by atoms with Crippen molar-refractivity contribution in [1.82, 2.24) is 5.32 Å². The van der Waals surface area contributed by atoms with Crippen molar-refractivity contribution in [2.45, 2.75) is 18.9 Å². The largest absolute Gasteiger partial charge is 0.388 e. The second-order valence-electron chi connectivity index (χ2n) is 3.99. The van der Waals surface area contributed by atoms with Crippen LogP contribution in [0, 0.1) is 10.1 Å². The molecule has 0 spiro atoms. The highest BCUT2D eigenvalue weighted by Crippen LogP contribution is 2.25. The van der Waals surface area contributed by atoms with Crippen LogP contribution in [0.5, 0.6) is 0 Å². The summed E-state index contributed by atoms with van der Waals surface area (Å²) in [5.41, 5.74) is 0.618. The maximum absolute atomic E-state index is 11.8. The Hall–Kier alpha value is -2.11. The third kappa shape index (κ3) is 2.52. The van der Waals surface area contributed by atoms with Crippen LogP contribution in [0.15, 0.2) is 18.2 Å². The van der Waals surface area contributed by atoms with Crippen molar-refractivity contribution < 1.29 is 9.72 Å². The van der Waals surface area contributed by atoms with Crippen LogP contribution in [0.3, 0.4) is 0 Å². The van der Waals surface area contributed by atoms with Crippen molar-refractivity contribution in [3.8, 4) is 0 Å². The Morgan fingerprint density at radius 3 is 2.71 bits per heavy atom. The Balaban J connectivity index is 2.32. The molecule has 0 bridgehead atoms. The number of carbonyl (C=O) groups is 1. The average Bonchev–Trinajstić information content (AvgIpc) is 3.11. The number of nitro benzene ring substituents is 1. The number of carbonyl (C=O) groups excluding carboxylic acids is 1. The van der Waals surface area contributed by atoms with Crippen LogP contribution >= 0.6 is 0 Å². The van der Waals surface area contributed by atoms with Crippen molar-refractivity contribution in [3.63, 3.8) is 0 Å². The van der Waals surface area contributed by atoms with Gasteiger partial charge in [0.05, 0.1) is 4.92 Å². The van der Waals surface area contributed by atoms with E-state index < -0.39 is 4.92 Å². The summed E-state index contributed by atoms with van der Waals surface area (Å²) in [4.78, 5) is 22.1. The molecular weight excluding hydrogens is 222 g/mol. The minimum Gasteiger partial charge on any atom is -0.388 e. The fourth-order valence-corrected chi connectivity index (χ4v) is 1.52. The van der Waals surface area contributed by atoms with Crippen molar-refractivity contribution in [1.29, 1.82) is 0 Å². The van der Waals surface area contributed by atoms with E-state index in [4.69, 9.17) is 0 Å². The van der Waals surface area contributed by atoms with Gasteiger partial charge in [0.1, 0.15) is 5.56 Å². The third-order valence-corrected chi connectivity index (χ3v) is 2.64. The predicted molar refractivity (Wildman–Crippen MR) is 63.1 cm³/mol. The molecule has 1 saturated carbocycles. The van der Waals surface area contributed by atoms with Crippen molar-refractivity contribution in [2.75, 3.05) is 12.4 Å². The SMILES string of the molecule is CNc1ccc([N+](=O)[O-])c(C(=O)NC2CC2)c1. The molecule has 1 aromatic carbocycles. The van der Waals surface area contributed by atoms with Gasteiger partial charge >= 0.3 is 0 Å². The van der Waals surface area contributed by atoms with Crippen LogP contribution in [-0.2, 0) is 0 Å². The Bertz CT molecular complexity index is 469. The van der Waals surface area contributed by atoms with Gasteiger partial charge in [-0.2, -0.15) is 0 Å². The first-order valence-electron chi connectivity index (χ1n) is 5.39. The van der Waals surface area contributed by atoms with Gasteiger partial charge in [0.25, 0.3) is 11.6 Å². The van der Waals surface area contributed by atoms with Crippen molar-refractivity contribution >= 4 is 17.3 Å². The number of anilines is 1. The molecule has 2 rings (SSSR count). The van der Waals surface area contributed by atoms with Gasteiger partial charge in [0.2, 0.25) is 0 Å². The number of amides is 1. The van der Waals surface area contributed by atoms with E-state index in [0.717, 1.165) is 12.8 Å². The Morgan fingerprint density at radius 1 is 1.47 bits per heavy atom. The van der Waals surface area contributed by atoms with Gasteiger partial charge in [-0.1, -0.05) is 0 Å². The summed E-state index contributed by atoms with van der Waals surface area (Å²) in [6, 6.07) is 4.59. The molecule has 90 valence electrons. The number of nitrogens with zero attached hydrogens (tertiary/aromatic N) is 1. The van der Waals surface area contributed by atoms with E-state index in [1.807, 2.05) is 0 Å². The number of nitrogens with one attached hydrogen (secondary N) is 2. The lowest BCUT2D eigenvalue weighted by Gasteiger charge is -2.06. The summed E-state index contributed by atoms with van der Waals surface area (Å²) in [6.45, 7) is 0. The van der Waals surface area contributed by atoms with Gasteiger partial charge in [-0.05, 0) is 25.0 Å². The highest BCUT2D eigenvalue weighted by atomic mass is 16.6. The van der Waals surface area contributed by atoms with Crippen LogP contribution in [0.4, 0.5) is 11.4 Å². The maximum atomic E-state index is 11.8. The summed E-state index contributed by atoms with van der Waals surface area (Å²) in [5.74, 6) is -0.378. The minimum atomic E-state index is -0.540. The van der Waals surface area contributed by atoms with E-state index in [2.05, 4.69) is 10.6 Å². The highest BCUT2D eigenvalue weighted by molar-refractivity contribution is 5.99. The van der Waals surface area contributed by atoms with Gasteiger partial charge in [-0.3, -0.25) is 14.9 Å². The molecule has 17 heavy (non-hydrogen) atoms. The van der Waals surface area contributed by atoms with Crippen LogP contribution in [0.2, 0.25) is 0 Å². The zero-order chi connectivity index (χ0) is 12.4. The van der Waals surface area contributed by atoms with E-state index in [1.165, 1.54) is 12.1 Å². The van der Waals surface area contributed by atoms with E-state index >= 15 is 0 Å². The zero-order valence-electron chi connectivity index (χ0n) is 9.40. The Morgan fingerprint density at radius 2 is 2.18 bits per heavy atom. The van der Waals surface area contributed by atoms with Gasteiger partial charge in [0.15, 0.2) is 0 Å². The molecule has 0 aliphatic heterocycles. The first-order valence-corrected chi connectivity index (χ1v) is 5.39. The topological polar surface area (TPSA) is 84.3 Å². The third-order valence-electron chi connectivity index (χ3n) is 2.64. The summed E-state index contributed by atoms with van der Waals surface area (Å²) in [5, 5.41) is 16.4. The second kappa shape index (κ2) is 4.40. The quantitative estimate of drug-likeness (QED) is 0.612. The molecule has 0 heterocycles. The van der Waals surface area contributed by atoms with Gasteiger partial charge in [0, 0.05) is 24.8 Å². The average molecular weight is 235 g/mol. The molecule has 1 aromatic rings. The van der Waals surface area contributed by atoms with E-state index in [9.17, 15) is 14.9 Å². The molecular formula is C11H13N3O3. The maximum Gasteiger partial charge on any atom is 0.282 e. The molecule has 6 heteroatoms. The fraction of sp³-hybridized carbons (Fsp3) is 0.364. The minimum absolute atomic E-state index is 0.105. The first-order chi connectivity index (χ1) is 8.11. The van der Waals surface area contributed by atoms with Crippen molar-refractivity contribution in [2.24, 2.45) is 0 Å². The molecule has 0 aromatic heterocycles. The summed E-state index contributed by atoms with van der Waals surface area (Å²) in [7, 11) is 1.70. The number of nitro groups is 1. The zero-order valence-corrected chi connectivity index (χ0v) is 9.40. The number of benzene rings is 1. The summed E-state index contributed by atoms with van der Waals surface area (Å²) < 4.78 is 0. The standard InChI is InChI=1S/C11H13N3O3/c1-12-8-4-5-10(14(16)17)9(6-8)11(15)13-7-2-3-7/h4-7,12H,2-3H2,1H3,(H,13,15). The normalized spacial score (nSPS) is 14.2. The molecule has 0 radical (unpaired) electrons. The smallest absolute Gasteiger partial charge is 0.282 e. The first kappa shape index (κ1) is 11.4. The van der Waals surface area contributed by atoms with E-state index in [-0.39, 0.29) is 23.2 Å². The van der Waals surface area contributed by atoms with E-state index in [1.54, 1.807) is 13.1 Å². The molecule has 0 unspecified atom stereocenters. The van der Waals surface area contributed by atoms with Crippen LogP contribution in [0.1, 0.15) is 23.2 Å².